The Bertz CT molecular complexity index is 623. The maximum absolute atomic E-state index is 12.4. The van der Waals surface area contributed by atoms with Crippen molar-refractivity contribution in [3.8, 4) is 5.75 Å². The Labute approximate surface area is 161 Å². The smallest absolute Gasteiger partial charge is 0.338 e. The lowest BCUT2D eigenvalue weighted by Gasteiger charge is -2.20. The van der Waals surface area contributed by atoms with E-state index in [2.05, 4.69) is 5.32 Å². The molecule has 6 heteroatoms. The third-order valence-corrected chi connectivity index (χ3v) is 4.83. The van der Waals surface area contributed by atoms with E-state index in [0.717, 1.165) is 31.2 Å². The number of carbonyl (C=O) groups is 2. The van der Waals surface area contributed by atoms with Gasteiger partial charge in [0.25, 0.3) is 5.91 Å². The van der Waals surface area contributed by atoms with Crippen LogP contribution in [0.25, 0.3) is 0 Å². The number of amides is 1. The van der Waals surface area contributed by atoms with Gasteiger partial charge in [-0.2, -0.15) is 0 Å². The summed E-state index contributed by atoms with van der Waals surface area (Å²) in [5.74, 6) is -0.114. The summed E-state index contributed by atoms with van der Waals surface area (Å²) in [4.78, 5) is 24.8. The van der Waals surface area contributed by atoms with Crippen molar-refractivity contribution in [2.75, 3.05) is 13.7 Å². The Morgan fingerprint density at radius 2 is 1.89 bits per heavy atom. The van der Waals surface area contributed by atoms with Gasteiger partial charge < -0.3 is 19.5 Å². The quantitative estimate of drug-likeness (QED) is 0.553. The zero-order chi connectivity index (χ0) is 19.6. The van der Waals surface area contributed by atoms with E-state index in [-0.39, 0.29) is 11.9 Å². The van der Waals surface area contributed by atoms with Crippen LogP contribution in [-0.4, -0.2) is 37.7 Å². The van der Waals surface area contributed by atoms with Gasteiger partial charge in [0.1, 0.15) is 5.75 Å². The first-order valence-corrected chi connectivity index (χ1v) is 9.81. The van der Waals surface area contributed by atoms with Crippen LogP contribution in [0.5, 0.6) is 5.75 Å². The molecule has 1 fully saturated rings. The minimum atomic E-state index is -0.835. The fourth-order valence-electron chi connectivity index (χ4n) is 3.25. The van der Waals surface area contributed by atoms with Gasteiger partial charge in [0.2, 0.25) is 0 Å². The van der Waals surface area contributed by atoms with Crippen molar-refractivity contribution >= 4 is 11.9 Å². The van der Waals surface area contributed by atoms with E-state index >= 15 is 0 Å². The van der Waals surface area contributed by atoms with Crippen molar-refractivity contribution in [1.29, 1.82) is 0 Å². The molecule has 0 spiro atoms. The largest absolute Gasteiger partial charge is 0.496 e. The standard InChI is InChI=1S/C21H31NO5/c1-4-26-14-17-13-16(11-12-19(17)25-3)21(24)27-15(2)20(23)22-18-9-7-5-6-8-10-18/h11-13,15,18H,4-10,14H2,1-3H3,(H,22,23)/t15-/m1/s1. The highest BCUT2D eigenvalue weighted by Gasteiger charge is 2.23. The summed E-state index contributed by atoms with van der Waals surface area (Å²) in [5, 5.41) is 3.02. The van der Waals surface area contributed by atoms with Gasteiger partial charge in [-0.05, 0) is 44.9 Å². The van der Waals surface area contributed by atoms with Gasteiger partial charge in [-0.1, -0.05) is 25.7 Å². The number of hydrogen-bond acceptors (Lipinski definition) is 5. The second kappa shape index (κ2) is 10.9. The molecule has 0 bridgehead atoms. The average molecular weight is 377 g/mol. The lowest BCUT2D eigenvalue weighted by molar-refractivity contribution is -0.129. The molecule has 0 heterocycles. The van der Waals surface area contributed by atoms with Gasteiger partial charge in [0, 0.05) is 18.2 Å². The maximum atomic E-state index is 12.4. The lowest BCUT2D eigenvalue weighted by Crippen LogP contribution is -2.41. The van der Waals surface area contributed by atoms with Crippen LogP contribution < -0.4 is 10.1 Å². The summed E-state index contributed by atoms with van der Waals surface area (Å²) in [7, 11) is 1.57. The molecule has 0 aliphatic heterocycles. The normalized spacial score (nSPS) is 16.3. The summed E-state index contributed by atoms with van der Waals surface area (Å²) < 4.78 is 16.1. The van der Waals surface area contributed by atoms with Gasteiger partial charge in [-0.15, -0.1) is 0 Å². The van der Waals surface area contributed by atoms with Crippen LogP contribution in [0.2, 0.25) is 0 Å². The van der Waals surface area contributed by atoms with E-state index < -0.39 is 12.1 Å². The van der Waals surface area contributed by atoms with E-state index in [9.17, 15) is 9.59 Å². The highest BCUT2D eigenvalue weighted by atomic mass is 16.5. The predicted octanol–water partition coefficient (Wildman–Crippen LogP) is 3.62. The summed E-state index contributed by atoms with van der Waals surface area (Å²) in [5.41, 5.74) is 1.14. The molecule has 0 aromatic heterocycles. The zero-order valence-electron chi connectivity index (χ0n) is 16.6. The Balaban J connectivity index is 1.95. The lowest BCUT2D eigenvalue weighted by atomic mass is 10.1. The highest BCUT2D eigenvalue weighted by molar-refractivity contribution is 5.92. The van der Waals surface area contributed by atoms with Crippen molar-refractivity contribution in [3.05, 3.63) is 29.3 Å². The van der Waals surface area contributed by atoms with Crippen molar-refractivity contribution in [2.45, 2.75) is 71.1 Å². The fraction of sp³-hybridized carbons (Fsp3) is 0.619. The second-order valence-corrected chi connectivity index (χ2v) is 6.91. The summed E-state index contributed by atoms with van der Waals surface area (Å²) in [6.07, 6.45) is 5.85. The monoisotopic (exact) mass is 377 g/mol. The number of methoxy groups -OCH3 is 1. The molecule has 2 rings (SSSR count). The van der Waals surface area contributed by atoms with Crippen LogP contribution in [-0.2, 0) is 20.9 Å². The van der Waals surface area contributed by atoms with Crippen molar-refractivity contribution in [2.24, 2.45) is 0 Å². The number of ether oxygens (including phenoxy) is 3. The van der Waals surface area contributed by atoms with Crippen molar-refractivity contribution < 1.29 is 23.8 Å². The maximum Gasteiger partial charge on any atom is 0.338 e. The first kappa shape index (κ1) is 21.2. The van der Waals surface area contributed by atoms with E-state index in [4.69, 9.17) is 14.2 Å². The van der Waals surface area contributed by atoms with Crippen molar-refractivity contribution in [1.82, 2.24) is 5.32 Å². The number of nitrogens with one attached hydrogen (secondary N) is 1. The molecule has 1 aliphatic rings. The molecule has 1 N–H and O–H groups in total. The Morgan fingerprint density at radius 1 is 1.19 bits per heavy atom. The predicted molar refractivity (Wildman–Crippen MR) is 103 cm³/mol. The van der Waals surface area contributed by atoms with Crippen LogP contribution >= 0.6 is 0 Å². The van der Waals surface area contributed by atoms with Crippen LogP contribution in [0.1, 0.15) is 68.3 Å². The summed E-state index contributed by atoms with van der Waals surface area (Å²) in [6, 6.07) is 5.21. The minimum Gasteiger partial charge on any atom is -0.496 e. The third-order valence-electron chi connectivity index (χ3n) is 4.83. The molecule has 1 aromatic rings. The van der Waals surface area contributed by atoms with Crippen LogP contribution in [0.3, 0.4) is 0 Å². The first-order chi connectivity index (χ1) is 13.0. The number of benzene rings is 1. The van der Waals surface area contributed by atoms with Gasteiger partial charge in [-0.3, -0.25) is 4.79 Å². The Kier molecular flexibility index (Phi) is 8.58. The van der Waals surface area contributed by atoms with Gasteiger partial charge >= 0.3 is 5.97 Å². The zero-order valence-corrected chi connectivity index (χ0v) is 16.6. The first-order valence-electron chi connectivity index (χ1n) is 9.81. The average Bonchev–Trinajstić information content (AvgIpc) is 2.94. The van der Waals surface area contributed by atoms with E-state index in [0.29, 0.717) is 24.5 Å². The van der Waals surface area contributed by atoms with Gasteiger partial charge in [0.15, 0.2) is 6.10 Å². The molecule has 6 nitrogen and oxygen atoms in total. The van der Waals surface area contributed by atoms with Crippen LogP contribution in [0, 0.1) is 0 Å². The van der Waals surface area contributed by atoms with Crippen LogP contribution in [0.4, 0.5) is 0 Å². The minimum absolute atomic E-state index is 0.180. The molecule has 0 radical (unpaired) electrons. The molecule has 1 amide bonds. The van der Waals surface area contributed by atoms with E-state index in [1.54, 1.807) is 32.2 Å². The molecular weight excluding hydrogens is 346 g/mol. The molecule has 0 saturated heterocycles. The summed E-state index contributed by atoms with van der Waals surface area (Å²) in [6.45, 7) is 4.42. The SMILES string of the molecule is CCOCc1cc(C(=O)O[C@H](C)C(=O)NC2CCCCCC2)ccc1OC. The molecule has 150 valence electrons. The molecule has 0 unspecified atom stereocenters. The number of esters is 1. The highest BCUT2D eigenvalue weighted by Crippen LogP contribution is 2.22. The van der Waals surface area contributed by atoms with Crippen LogP contribution in [0.15, 0.2) is 18.2 Å². The molecule has 1 aliphatic carbocycles. The number of carbonyl (C=O) groups excluding carboxylic acids is 2. The fourth-order valence-corrected chi connectivity index (χ4v) is 3.25. The third kappa shape index (κ3) is 6.54. The second-order valence-electron chi connectivity index (χ2n) is 6.91. The number of rotatable bonds is 8. The molecular formula is C21H31NO5. The molecule has 1 saturated carbocycles. The topological polar surface area (TPSA) is 73.9 Å². The molecule has 1 atom stereocenters. The Hall–Kier alpha value is -2.08. The van der Waals surface area contributed by atoms with Gasteiger partial charge in [0.05, 0.1) is 19.3 Å². The van der Waals surface area contributed by atoms with E-state index in [1.165, 1.54) is 12.8 Å². The van der Waals surface area contributed by atoms with Crippen molar-refractivity contribution in [3.63, 3.8) is 0 Å². The summed E-state index contributed by atoms with van der Waals surface area (Å²) >= 11 is 0. The molecule has 1 aromatic carbocycles. The van der Waals surface area contributed by atoms with Gasteiger partial charge in [-0.25, -0.2) is 4.79 Å². The number of hydrogen-bond donors (Lipinski definition) is 1. The van der Waals surface area contributed by atoms with E-state index in [1.807, 2.05) is 6.92 Å². The molecule has 27 heavy (non-hydrogen) atoms. The Morgan fingerprint density at radius 3 is 2.52 bits per heavy atom.